The number of urea groups is 1. The summed E-state index contributed by atoms with van der Waals surface area (Å²) < 4.78 is 11.6. The predicted octanol–water partition coefficient (Wildman–Crippen LogP) is 8.05. The van der Waals surface area contributed by atoms with Crippen molar-refractivity contribution in [3.05, 3.63) is 11.1 Å². The fourth-order valence-electron chi connectivity index (χ4n) is 13.1. The zero-order valence-corrected chi connectivity index (χ0v) is 35.7. The number of ketones is 1. The summed E-state index contributed by atoms with van der Waals surface area (Å²) in [6.45, 7) is 25.6. The maximum Gasteiger partial charge on any atom is 0.410 e. The molecular weight excluding hydrogens is 698 g/mol. The summed E-state index contributed by atoms with van der Waals surface area (Å²) in [5.74, 6) is -0.302. The number of hydrogen-bond donors (Lipinski definition) is 3. The topological polar surface area (TPSA) is 151 Å². The summed E-state index contributed by atoms with van der Waals surface area (Å²) in [7, 11) is 0. The second-order valence-electron chi connectivity index (χ2n) is 21.7. The molecule has 55 heavy (non-hydrogen) atoms. The van der Waals surface area contributed by atoms with E-state index in [1.165, 1.54) is 5.57 Å². The van der Waals surface area contributed by atoms with Crippen LogP contribution < -0.4 is 10.6 Å². The van der Waals surface area contributed by atoms with E-state index < -0.39 is 28.5 Å². The molecule has 0 spiro atoms. The van der Waals surface area contributed by atoms with Crippen LogP contribution in [0.4, 0.5) is 9.59 Å². The maximum atomic E-state index is 14.0. The first-order chi connectivity index (χ1) is 25.2. The number of aliphatic carboxylic acids is 1. The van der Waals surface area contributed by atoms with Gasteiger partial charge < -0.3 is 30.1 Å². The first kappa shape index (κ1) is 41.5. The highest BCUT2D eigenvalue weighted by Gasteiger charge is 2.70. The van der Waals surface area contributed by atoms with Crippen molar-refractivity contribution >= 4 is 29.8 Å². The number of carbonyl (C=O) groups is 5. The van der Waals surface area contributed by atoms with Gasteiger partial charge in [0.25, 0.3) is 0 Å². The number of amides is 3. The van der Waals surface area contributed by atoms with Gasteiger partial charge in [0, 0.05) is 24.9 Å². The van der Waals surface area contributed by atoms with E-state index in [1.807, 2.05) is 20.8 Å². The van der Waals surface area contributed by atoms with Gasteiger partial charge in [-0.1, -0.05) is 48.5 Å². The number of ether oxygens (including phenoxy) is 2. The molecule has 0 radical (unpaired) electrons. The van der Waals surface area contributed by atoms with Crippen molar-refractivity contribution in [2.75, 3.05) is 13.1 Å². The van der Waals surface area contributed by atoms with E-state index in [2.05, 4.69) is 59.1 Å². The Kier molecular flexibility index (Phi) is 10.2. The Morgan fingerprint density at radius 3 is 2.13 bits per heavy atom. The molecule has 0 aromatic rings. The van der Waals surface area contributed by atoms with Crippen molar-refractivity contribution in [1.82, 2.24) is 15.5 Å². The third-order valence-corrected chi connectivity index (χ3v) is 16.0. The molecule has 7 unspecified atom stereocenters. The number of carboxylic acid groups (broad SMARTS) is 1. The number of Topliss-reactive ketones (excluding diaryl/α,β-unsaturated/α-hetero) is 1. The lowest BCUT2D eigenvalue weighted by Crippen LogP contribution is -2.68. The summed E-state index contributed by atoms with van der Waals surface area (Å²) >= 11 is 0. The quantitative estimate of drug-likeness (QED) is 0.220. The molecule has 11 heteroatoms. The maximum absolute atomic E-state index is 14.0. The average Bonchev–Trinajstić information content (AvgIpc) is 3.31. The van der Waals surface area contributed by atoms with Gasteiger partial charge in [0.2, 0.25) is 0 Å². The van der Waals surface area contributed by atoms with Crippen LogP contribution in [0.3, 0.4) is 0 Å². The number of likely N-dealkylation sites (tertiary alicyclic amines) is 1. The third kappa shape index (κ3) is 6.79. The van der Waals surface area contributed by atoms with Gasteiger partial charge in [-0.25, -0.2) is 9.59 Å². The van der Waals surface area contributed by atoms with Crippen molar-refractivity contribution in [1.29, 1.82) is 0 Å². The van der Waals surface area contributed by atoms with Crippen molar-refractivity contribution < 1.29 is 38.6 Å². The molecule has 0 bridgehead atoms. The van der Waals surface area contributed by atoms with Gasteiger partial charge in [0.15, 0.2) is 5.78 Å². The lowest BCUT2D eigenvalue weighted by molar-refractivity contribution is -0.232. The summed E-state index contributed by atoms with van der Waals surface area (Å²) in [6, 6.07) is -0.469. The lowest BCUT2D eigenvalue weighted by atomic mass is 9.33. The largest absolute Gasteiger partial charge is 0.481 e. The lowest BCUT2D eigenvalue weighted by Gasteiger charge is -2.72. The SMILES string of the molecule is CC(C)C1=C2C3CCC4C5(C)CCC(OC(=O)CC(C)(C)C(=O)O)C(C)(C)C5CCC4(C)[C@]3(C)CCC2(NC(=O)NC2CN(C(=O)OC(C)(C)C)C2)CC1=O. The van der Waals surface area contributed by atoms with Crippen LogP contribution in [0.1, 0.15) is 147 Å². The number of hydrogen-bond acceptors (Lipinski definition) is 7. The second kappa shape index (κ2) is 13.5. The molecule has 11 nitrogen and oxygen atoms in total. The number of nitrogens with zero attached hydrogens (tertiary/aromatic N) is 1. The second-order valence-corrected chi connectivity index (χ2v) is 21.7. The smallest absolute Gasteiger partial charge is 0.410 e. The Labute approximate surface area is 328 Å². The summed E-state index contributed by atoms with van der Waals surface area (Å²) in [6.07, 6.45) is 6.84. The molecule has 6 rings (SSSR count). The van der Waals surface area contributed by atoms with E-state index in [0.717, 1.165) is 50.5 Å². The number of esters is 1. The van der Waals surface area contributed by atoms with Crippen LogP contribution in [0.15, 0.2) is 11.1 Å². The highest BCUT2D eigenvalue weighted by Crippen LogP contribution is 2.76. The van der Waals surface area contributed by atoms with Crippen LogP contribution in [0.5, 0.6) is 0 Å². The summed E-state index contributed by atoms with van der Waals surface area (Å²) in [5, 5.41) is 16.1. The molecule has 8 atom stereocenters. The standard InChI is InChI=1S/C44H69N3O8/c1-25(2)33-28(48)21-44(46-36(52)45-26-23-47(24-26)37(53)55-38(3,4)5)20-19-42(11)27(34(33)44)13-14-30-41(10)17-16-31(54-32(49)22-39(6,7)35(50)51)40(8,9)29(41)15-18-43(30,42)12/h25-27,29-31H,13-24H2,1-12H3,(H,50,51)(H2,45,46,52)/t27?,29?,30?,31?,41?,42-,43?,44?/m1/s1. The first-order valence-electron chi connectivity index (χ1n) is 21.0. The van der Waals surface area contributed by atoms with E-state index in [9.17, 15) is 29.1 Å². The van der Waals surface area contributed by atoms with Crippen molar-refractivity contribution in [2.45, 2.75) is 171 Å². The Balaban J connectivity index is 1.21. The molecular formula is C44H69N3O8. The number of allylic oxidation sites excluding steroid dienone is 1. The Morgan fingerprint density at radius 1 is 0.873 bits per heavy atom. The minimum Gasteiger partial charge on any atom is -0.481 e. The molecule has 1 aliphatic heterocycles. The summed E-state index contributed by atoms with van der Waals surface area (Å²) in [5.41, 5.74) is -0.735. The van der Waals surface area contributed by atoms with Crippen molar-refractivity contribution in [2.24, 2.45) is 50.7 Å². The highest BCUT2D eigenvalue weighted by molar-refractivity contribution is 6.02. The van der Waals surface area contributed by atoms with Crippen LogP contribution in [-0.4, -0.2) is 76.2 Å². The zero-order chi connectivity index (χ0) is 40.9. The van der Waals surface area contributed by atoms with E-state index >= 15 is 0 Å². The van der Waals surface area contributed by atoms with Gasteiger partial charge in [-0.3, -0.25) is 14.4 Å². The Bertz CT molecular complexity index is 1650. The minimum absolute atomic E-state index is 0.00152. The molecule has 3 N–H and O–H groups in total. The Morgan fingerprint density at radius 2 is 1.53 bits per heavy atom. The molecule has 1 heterocycles. The highest BCUT2D eigenvalue weighted by atomic mass is 16.6. The van der Waals surface area contributed by atoms with Crippen LogP contribution in [0.25, 0.3) is 0 Å². The van der Waals surface area contributed by atoms with Gasteiger partial charge in [0.05, 0.1) is 23.4 Å². The number of rotatable bonds is 7. The first-order valence-corrected chi connectivity index (χ1v) is 21.0. The average molecular weight is 768 g/mol. The van der Waals surface area contributed by atoms with E-state index in [4.69, 9.17) is 9.47 Å². The van der Waals surface area contributed by atoms with Gasteiger partial charge in [-0.2, -0.15) is 0 Å². The van der Waals surface area contributed by atoms with E-state index in [-0.39, 0.29) is 70.0 Å². The summed E-state index contributed by atoms with van der Waals surface area (Å²) in [4.78, 5) is 66.7. The molecule has 1 saturated heterocycles. The predicted molar refractivity (Wildman–Crippen MR) is 209 cm³/mol. The molecule has 6 aliphatic rings. The van der Waals surface area contributed by atoms with Crippen molar-refractivity contribution in [3.8, 4) is 0 Å². The van der Waals surface area contributed by atoms with Crippen LogP contribution in [-0.2, 0) is 23.9 Å². The van der Waals surface area contributed by atoms with E-state index in [1.54, 1.807) is 18.7 Å². The Hall–Kier alpha value is -3.11. The van der Waals surface area contributed by atoms with Gasteiger partial charge in [-0.05, 0) is 137 Å². The monoisotopic (exact) mass is 768 g/mol. The van der Waals surface area contributed by atoms with Crippen LogP contribution in [0, 0.1) is 50.7 Å². The van der Waals surface area contributed by atoms with Gasteiger partial charge in [0.1, 0.15) is 11.7 Å². The molecule has 5 aliphatic carbocycles. The normalized spacial score (nSPS) is 37.2. The molecule has 0 aromatic heterocycles. The fourth-order valence-corrected chi connectivity index (χ4v) is 13.1. The van der Waals surface area contributed by atoms with Gasteiger partial charge in [-0.15, -0.1) is 0 Å². The third-order valence-electron chi connectivity index (χ3n) is 16.0. The minimum atomic E-state index is -1.18. The molecule has 4 saturated carbocycles. The van der Waals surface area contributed by atoms with E-state index in [0.29, 0.717) is 37.8 Å². The number of nitrogens with one attached hydrogen (secondary N) is 2. The van der Waals surface area contributed by atoms with Crippen LogP contribution >= 0.6 is 0 Å². The van der Waals surface area contributed by atoms with Crippen LogP contribution in [0.2, 0.25) is 0 Å². The van der Waals surface area contributed by atoms with Crippen molar-refractivity contribution in [3.63, 3.8) is 0 Å². The zero-order valence-electron chi connectivity index (χ0n) is 35.7. The molecule has 308 valence electrons. The fraction of sp³-hybridized carbons (Fsp3) is 0.841. The number of carboxylic acids is 1. The molecule has 0 aromatic carbocycles. The molecule has 5 fully saturated rings. The molecule has 3 amide bonds. The number of fused-ring (bicyclic) bond motifs is 7. The number of carbonyl (C=O) groups excluding carboxylic acids is 4. The van der Waals surface area contributed by atoms with Gasteiger partial charge >= 0.3 is 24.1 Å².